The van der Waals surface area contributed by atoms with E-state index < -0.39 is 0 Å². The Morgan fingerprint density at radius 1 is 1.29 bits per heavy atom. The zero-order chi connectivity index (χ0) is 12.5. The smallest absolute Gasteiger partial charge is 0.0703 e. The van der Waals surface area contributed by atoms with E-state index in [0.717, 1.165) is 25.9 Å². The second-order valence-corrected chi connectivity index (χ2v) is 5.48. The fourth-order valence-electron chi connectivity index (χ4n) is 2.24. The number of benzene rings is 1. The summed E-state index contributed by atoms with van der Waals surface area (Å²) in [7, 11) is 2.10. The highest BCUT2D eigenvalue weighted by atomic mass is 15.1. The minimum Gasteiger partial charge on any atom is -0.301 e. The van der Waals surface area contributed by atoms with E-state index in [0.29, 0.717) is 0 Å². The van der Waals surface area contributed by atoms with Crippen molar-refractivity contribution in [2.75, 3.05) is 13.6 Å². The molecule has 0 amide bonds. The average molecular weight is 228 g/mol. The zero-order valence-corrected chi connectivity index (χ0v) is 11.0. The van der Waals surface area contributed by atoms with Gasteiger partial charge in [-0.15, -0.1) is 0 Å². The summed E-state index contributed by atoms with van der Waals surface area (Å²) in [6, 6.07) is 9.06. The Hall–Kier alpha value is -1.33. The highest BCUT2D eigenvalue weighted by Gasteiger charge is 2.43. The fraction of sp³-hybridized carbons (Fsp3) is 0.533. The molecule has 2 nitrogen and oxygen atoms in total. The Morgan fingerprint density at radius 2 is 2.00 bits per heavy atom. The van der Waals surface area contributed by atoms with Gasteiger partial charge in [-0.2, -0.15) is 5.26 Å². The molecular formula is C15H20N2. The highest BCUT2D eigenvalue weighted by molar-refractivity contribution is 5.29. The van der Waals surface area contributed by atoms with E-state index in [1.54, 1.807) is 0 Å². The molecule has 0 heterocycles. The van der Waals surface area contributed by atoms with Crippen molar-refractivity contribution in [1.29, 1.82) is 5.26 Å². The van der Waals surface area contributed by atoms with Gasteiger partial charge in [-0.1, -0.05) is 18.2 Å². The molecule has 0 aliphatic heterocycles. The monoisotopic (exact) mass is 228 g/mol. The molecule has 0 aromatic heterocycles. The van der Waals surface area contributed by atoms with Crippen LogP contribution in [0.15, 0.2) is 18.2 Å². The van der Waals surface area contributed by atoms with Gasteiger partial charge in [-0.3, -0.25) is 0 Å². The lowest BCUT2D eigenvalue weighted by atomic mass is 10.1. The van der Waals surface area contributed by atoms with Crippen molar-refractivity contribution in [2.24, 2.45) is 5.41 Å². The van der Waals surface area contributed by atoms with E-state index in [-0.39, 0.29) is 5.41 Å². The van der Waals surface area contributed by atoms with Crippen molar-refractivity contribution < 1.29 is 0 Å². The summed E-state index contributed by atoms with van der Waals surface area (Å²) in [5, 5.41) is 9.08. The molecule has 0 saturated heterocycles. The van der Waals surface area contributed by atoms with Crippen molar-refractivity contribution in [1.82, 2.24) is 4.90 Å². The van der Waals surface area contributed by atoms with Crippen LogP contribution in [0.5, 0.6) is 0 Å². The van der Waals surface area contributed by atoms with Crippen LogP contribution < -0.4 is 0 Å². The first-order valence-corrected chi connectivity index (χ1v) is 6.21. The molecule has 0 unspecified atom stereocenters. The molecule has 2 heteroatoms. The summed E-state index contributed by atoms with van der Waals surface area (Å²) < 4.78 is 0. The van der Waals surface area contributed by atoms with Gasteiger partial charge in [0, 0.05) is 13.1 Å². The van der Waals surface area contributed by atoms with Crippen molar-refractivity contribution in [3.63, 3.8) is 0 Å². The van der Waals surface area contributed by atoms with Gasteiger partial charge in [0.1, 0.15) is 0 Å². The lowest BCUT2D eigenvalue weighted by Crippen LogP contribution is -2.25. The molecule has 1 aliphatic carbocycles. The van der Waals surface area contributed by atoms with Gasteiger partial charge in [0.05, 0.1) is 11.5 Å². The normalized spacial score (nSPS) is 16.9. The number of aryl methyl sites for hydroxylation is 2. The second-order valence-electron chi connectivity index (χ2n) is 5.48. The first kappa shape index (κ1) is 12.1. The number of hydrogen-bond donors (Lipinski definition) is 0. The fourth-order valence-corrected chi connectivity index (χ4v) is 2.24. The van der Waals surface area contributed by atoms with Crippen LogP contribution in [0.1, 0.15) is 29.5 Å². The lowest BCUT2D eigenvalue weighted by Gasteiger charge is -2.19. The molecule has 2 rings (SSSR count). The molecule has 0 spiro atoms. The van der Waals surface area contributed by atoms with Crippen LogP contribution in [0, 0.1) is 30.6 Å². The maximum Gasteiger partial charge on any atom is 0.0703 e. The van der Waals surface area contributed by atoms with E-state index in [1.807, 2.05) is 0 Å². The number of nitriles is 1. The largest absolute Gasteiger partial charge is 0.301 e. The van der Waals surface area contributed by atoms with Crippen molar-refractivity contribution in [2.45, 2.75) is 33.2 Å². The van der Waals surface area contributed by atoms with Crippen molar-refractivity contribution in [3.8, 4) is 6.07 Å². The molecule has 1 aliphatic rings. The Bertz CT molecular complexity index is 452. The second kappa shape index (κ2) is 4.50. The van der Waals surface area contributed by atoms with Gasteiger partial charge in [0.25, 0.3) is 0 Å². The van der Waals surface area contributed by atoms with Crippen molar-refractivity contribution in [3.05, 3.63) is 34.9 Å². The molecule has 0 bridgehead atoms. The van der Waals surface area contributed by atoms with Crippen LogP contribution in [0.2, 0.25) is 0 Å². The van der Waals surface area contributed by atoms with Crippen LogP contribution in [0.4, 0.5) is 0 Å². The Kier molecular flexibility index (Phi) is 3.22. The predicted molar refractivity (Wildman–Crippen MR) is 69.5 cm³/mol. The molecule has 17 heavy (non-hydrogen) atoms. The molecule has 0 atom stereocenters. The van der Waals surface area contributed by atoms with Gasteiger partial charge < -0.3 is 4.90 Å². The summed E-state index contributed by atoms with van der Waals surface area (Å²) in [5.41, 5.74) is 3.99. The quantitative estimate of drug-likeness (QED) is 0.792. The van der Waals surface area contributed by atoms with Gasteiger partial charge >= 0.3 is 0 Å². The summed E-state index contributed by atoms with van der Waals surface area (Å²) in [6.07, 6.45) is 2.14. The lowest BCUT2D eigenvalue weighted by molar-refractivity contribution is 0.286. The molecule has 0 N–H and O–H groups in total. The van der Waals surface area contributed by atoms with E-state index in [1.165, 1.54) is 16.7 Å². The Morgan fingerprint density at radius 3 is 2.53 bits per heavy atom. The molecule has 1 fully saturated rings. The topological polar surface area (TPSA) is 27.0 Å². The third kappa shape index (κ3) is 2.87. The first-order chi connectivity index (χ1) is 8.04. The molecule has 1 saturated carbocycles. The minimum absolute atomic E-state index is 0.0332. The molecular weight excluding hydrogens is 208 g/mol. The predicted octanol–water partition coefficient (Wildman–Crippen LogP) is 3.04. The number of rotatable bonds is 4. The maximum atomic E-state index is 9.08. The van der Waals surface area contributed by atoms with Crippen LogP contribution in [-0.4, -0.2) is 18.5 Å². The maximum absolute atomic E-state index is 9.08. The molecule has 0 radical (unpaired) electrons. The summed E-state index contributed by atoms with van der Waals surface area (Å²) in [5.74, 6) is 0. The summed E-state index contributed by atoms with van der Waals surface area (Å²) in [4.78, 5) is 2.26. The van der Waals surface area contributed by atoms with Gasteiger partial charge in [0.15, 0.2) is 0 Å². The molecule has 1 aromatic carbocycles. The van der Waals surface area contributed by atoms with Crippen LogP contribution in [-0.2, 0) is 6.54 Å². The number of nitrogens with zero attached hydrogens (tertiary/aromatic N) is 2. The Balaban J connectivity index is 1.96. The third-order valence-electron chi connectivity index (χ3n) is 3.69. The first-order valence-electron chi connectivity index (χ1n) is 6.21. The zero-order valence-electron chi connectivity index (χ0n) is 11.0. The van der Waals surface area contributed by atoms with Crippen LogP contribution >= 0.6 is 0 Å². The van der Waals surface area contributed by atoms with Gasteiger partial charge in [-0.25, -0.2) is 0 Å². The summed E-state index contributed by atoms with van der Waals surface area (Å²) in [6.45, 7) is 6.12. The van der Waals surface area contributed by atoms with Gasteiger partial charge in [-0.05, 0) is 50.4 Å². The SMILES string of the molecule is Cc1ccc(CN(C)CC2(C#N)CC2)cc1C. The Labute approximate surface area is 104 Å². The van der Waals surface area contributed by atoms with E-state index in [9.17, 15) is 0 Å². The van der Waals surface area contributed by atoms with Crippen LogP contribution in [0.25, 0.3) is 0 Å². The summed E-state index contributed by atoms with van der Waals surface area (Å²) >= 11 is 0. The standard InChI is InChI=1S/C15H20N2/c1-12-4-5-14(8-13(12)2)9-17(3)11-15(10-16)6-7-15/h4-5,8H,6-7,9,11H2,1-3H3. The van der Waals surface area contributed by atoms with E-state index in [4.69, 9.17) is 5.26 Å². The molecule has 90 valence electrons. The number of hydrogen-bond acceptors (Lipinski definition) is 2. The molecule has 1 aromatic rings. The average Bonchev–Trinajstić information content (AvgIpc) is 3.04. The van der Waals surface area contributed by atoms with Crippen LogP contribution in [0.3, 0.4) is 0 Å². The minimum atomic E-state index is -0.0332. The van der Waals surface area contributed by atoms with Crippen molar-refractivity contribution >= 4 is 0 Å². The van der Waals surface area contributed by atoms with E-state index >= 15 is 0 Å². The van der Waals surface area contributed by atoms with Gasteiger partial charge in [0.2, 0.25) is 0 Å². The van der Waals surface area contributed by atoms with E-state index in [2.05, 4.69) is 50.1 Å². The highest BCUT2D eigenvalue weighted by Crippen LogP contribution is 2.45. The third-order valence-corrected chi connectivity index (χ3v) is 3.69.